The van der Waals surface area contributed by atoms with Gasteiger partial charge in [-0.25, -0.2) is 18.7 Å². The molecule has 0 unspecified atom stereocenters. The molecule has 0 aromatic carbocycles. The summed E-state index contributed by atoms with van der Waals surface area (Å²) in [5, 5.41) is 0.334. The fraction of sp³-hybridized carbons (Fsp3) is 0.636. The number of anilines is 1. The van der Waals surface area contributed by atoms with Gasteiger partial charge in [0, 0.05) is 25.1 Å². The quantitative estimate of drug-likeness (QED) is 0.767. The van der Waals surface area contributed by atoms with Gasteiger partial charge in [-0.05, 0) is 19.8 Å². The smallest absolute Gasteiger partial charge is 0.249 e. The molecule has 2 heterocycles. The van der Waals surface area contributed by atoms with Crippen LogP contribution in [0, 0.1) is 5.92 Å². The lowest BCUT2D eigenvalue weighted by atomic mass is 9.92. The molecule has 1 aromatic heterocycles. The molecule has 0 spiro atoms. The first kappa shape index (κ1) is 12.5. The minimum Gasteiger partial charge on any atom is -0.356 e. The highest BCUT2D eigenvalue weighted by molar-refractivity contribution is 6.29. The van der Waals surface area contributed by atoms with Gasteiger partial charge in [0.05, 0.1) is 0 Å². The summed E-state index contributed by atoms with van der Waals surface area (Å²) in [5.41, 5.74) is 0. The van der Waals surface area contributed by atoms with Crippen LogP contribution in [0.3, 0.4) is 0 Å². The lowest BCUT2D eigenvalue weighted by Crippen LogP contribution is -2.42. The van der Waals surface area contributed by atoms with E-state index in [2.05, 4.69) is 9.97 Å². The van der Waals surface area contributed by atoms with E-state index < -0.39 is 11.8 Å². The van der Waals surface area contributed by atoms with Gasteiger partial charge < -0.3 is 4.90 Å². The average molecular weight is 262 g/mol. The lowest BCUT2D eigenvalue weighted by molar-refractivity contribution is -0.0440. The minimum absolute atomic E-state index is 0.316. The van der Waals surface area contributed by atoms with E-state index in [-0.39, 0.29) is 0 Å². The van der Waals surface area contributed by atoms with Crippen LogP contribution in [0.15, 0.2) is 12.4 Å². The van der Waals surface area contributed by atoms with Crippen molar-refractivity contribution in [1.82, 2.24) is 9.97 Å². The normalized spacial score (nSPS) is 21.6. The number of hydrogen-bond acceptors (Lipinski definition) is 3. The second-order valence-corrected chi connectivity index (χ2v) is 4.83. The van der Waals surface area contributed by atoms with Crippen LogP contribution in [-0.2, 0) is 0 Å². The average Bonchev–Trinajstić information content (AvgIpc) is 2.28. The van der Waals surface area contributed by atoms with Crippen LogP contribution >= 0.6 is 11.6 Å². The predicted octanol–water partition coefficient (Wildman–Crippen LogP) is 3.00. The summed E-state index contributed by atoms with van der Waals surface area (Å²) in [6, 6.07) is 1.61. The first-order valence-corrected chi connectivity index (χ1v) is 5.95. The molecule has 1 atom stereocenters. The zero-order chi connectivity index (χ0) is 12.5. The summed E-state index contributed by atoms with van der Waals surface area (Å²) in [5.74, 6) is -2.64. The Morgan fingerprint density at radius 1 is 1.47 bits per heavy atom. The molecule has 1 aliphatic heterocycles. The Bertz CT molecular complexity index is 395. The monoisotopic (exact) mass is 261 g/mol. The number of rotatable bonds is 2. The Labute approximate surface area is 104 Å². The molecule has 0 bridgehead atoms. The van der Waals surface area contributed by atoms with Crippen LogP contribution in [0.25, 0.3) is 0 Å². The molecule has 1 fully saturated rings. The van der Waals surface area contributed by atoms with Crippen molar-refractivity contribution in [2.24, 2.45) is 5.92 Å². The van der Waals surface area contributed by atoms with E-state index in [1.807, 2.05) is 4.90 Å². The van der Waals surface area contributed by atoms with E-state index in [4.69, 9.17) is 11.6 Å². The molecule has 0 radical (unpaired) electrons. The van der Waals surface area contributed by atoms with Crippen LogP contribution in [0.2, 0.25) is 5.15 Å². The number of halogens is 3. The molecular weight excluding hydrogens is 248 g/mol. The zero-order valence-electron chi connectivity index (χ0n) is 9.54. The summed E-state index contributed by atoms with van der Waals surface area (Å²) in [4.78, 5) is 9.69. The van der Waals surface area contributed by atoms with Crippen LogP contribution in [0.1, 0.15) is 19.8 Å². The Hall–Kier alpha value is -0.970. The summed E-state index contributed by atoms with van der Waals surface area (Å²) < 4.78 is 26.6. The third-order valence-electron chi connectivity index (χ3n) is 3.08. The van der Waals surface area contributed by atoms with E-state index in [9.17, 15) is 8.78 Å². The summed E-state index contributed by atoms with van der Waals surface area (Å²) in [6.07, 6.45) is 2.65. The Morgan fingerprint density at radius 3 is 2.88 bits per heavy atom. The molecule has 17 heavy (non-hydrogen) atoms. The molecular formula is C11H14ClF2N3. The Balaban J connectivity index is 2.12. The molecule has 0 N–H and O–H groups in total. The van der Waals surface area contributed by atoms with Crippen molar-refractivity contribution in [3.8, 4) is 0 Å². The second-order valence-electron chi connectivity index (χ2n) is 4.44. The number of alkyl halides is 2. The van der Waals surface area contributed by atoms with E-state index in [0.29, 0.717) is 23.9 Å². The third kappa shape index (κ3) is 3.03. The van der Waals surface area contributed by atoms with Gasteiger partial charge in [-0.15, -0.1) is 0 Å². The van der Waals surface area contributed by atoms with E-state index in [1.165, 1.54) is 6.33 Å². The molecule has 1 aliphatic rings. The SMILES string of the molecule is CC(F)(F)[C@@H]1CCCN(c2cc(Cl)ncn2)C1. The van der Waals surface area contributed by atoms with Crippen LogP contribution in [0.5, 0.6) is 0 Å². The Kier molecular flexibility index (Phi) is 3.47. The summed E-state index contributed by atoms with van der Waals surface area (Å²) in [7, 11) is 0. The molecule has 6 heteroatoms. The molecule has 94 valence electrons. The van der Waals surface area contributed by atoms with Gasteiger partial charge in [0.15, 0.2) is 0 Å². The van der Waals surface area contributed by atoms with Crippen molar-refractivity contribution in [1.29, 1.82) is 0 Å². The van der Waals surface area contributed by atoms with Crippen LogP contribution < -0.4 is 4.90 Å². The fourth-order valence-corrected chi connectivity index (χ4v) is 2.24. The zero-order valence-corrected chi connectivity index (χ0v) is 10.3. The number of aromatic nitrogens is 2. The molecule has 1 aromatic rings. The third-order valence-corrected chi connectivity index (χ3v) is 3.29. The van der Waals surface area contributed by atoms with E-state index in [1.54, 1.807) is 6.07 Å². The predicted molar refractivity (Wildman–Crippen MR) is 62.6 cm³/mol. The maximum Gasteiger partial charge on any atom is 0.249 e. The Morgan fingerprint density at radius 2 is 2.24 bits per heavy atom. The standard InChI is InChI=1S/C11H14ClF2N3/c1-11(13,14)8-3-2-4-17(6-8)10-5-9(12)15-7-16-10/h5,7-8H,2-4,6H2,1H3/t8-/m1/s1. The van der Waals surface area contributed by atoms with Crippen LogP contribution in [-0.4, -0.2) is 29.0 Å². The maximum atomic E-state index is 13.3. The van der Waals surface area contributed by atoms with Crippen LogP contribution in [0.4, 0.5) is 14.6 Å². The first-order chi connectivity index (χ1) is 7.97. The topological polar surface area (TPSA) is 29.0 Å². The summed E-state index contributed by atoms with van der Waals surface area (Å²) in [6.45, 7) is 2.03. The van der Waals surface area contributed by atoms with Gasteiger partial charge >= 0.3 is 0 Å². The van der Waals surface area contributed by atoms with Gasteiger partial charge in [0.25, 0.3) is 0 Å². The lowest BCUT2D eigenvalue weighted by Gasteiger charge is -2.36. The fourth-order valence-electron chi connectivity index (χ4n) is 2.10. The maximum absolute atomic E-state index is 13.3. The van der Waals surface area contributed by atoms with E-state index in [0.717, 1.165) is 19.9 Å². The number of nitrogens with zero attached hydrogens (tertiary/aromatic N) is 3. The number of piperidine rings is 1. The number of hydrogen-bond donors (Lipinski definition) is 0. The van der Waals surface area contributed by atoms with Gasteiger partial charge in [-0.2, -0.15) is 0 Å². The molecule has 0 aliphatic carbocycles. The van der Waals surface area contributed by atoms with Crippen molar-refractivity contribution in [2.75, 3.05) is 18.0 Å². The van der Waals surface area contributed by atoms with E-state index >= 15 is 0 Å². The van der Waals surface area contributed by atoms with Gasteiger partial charge in [-0.1, -0.05) is 11.6 Å². The molecule has 0 amide bonds. The van der Waals surface area contributed by atoms with Crippen molar-refractivity contribution >= 4 is 17.4 Å². The largest absolute Gasteiger partial charge is 0.356 e. The van der Waals surface area contributed by atoms with Crippen molar-refractivity contribution in [3.63, 3.8) is 0 Å². The van der Waals surface area contributed by atoms with Crippen molar-refractivity contribution in [3.05, 3.63) is 17.5 Å². The van der Waals surface area contributed by atoms with Crippen molar-refractivity contribution in [2.45, 2.75) is 25.7 Å². The molecule has 1 saturated heterocycles. The second kappa shape index (κ2) is 4.72. The highest BCUT2D eigenvalue weighted by atomic mass is 35.5. The first-order valence-electron chi connectivity index (χ1n) is 5.57. The highest BCUT2D eigenvalue weighted by Crippen LogP contribution is 2.33. The van der Waals surface area contributed by atoms with Gasteiger partial charge in [0.2, 0.25) is 5.92 Å². The van der Waals surface area contributed by atoms with Gasteiger partial charge in [-0.3, -0.25) is 0 Å². The van der Waals surface area contributed by atoms with Crippen molar-refractivity contribution < 1.29 is 8.78 Å². The highest BCUT2D eigenvalue weighted by Gasteiger charge is 2.37. The molecule has 0 saturated carbocycles. The summed E-state index contributed by atoms with van der Waals surface area (Å²) >= 11 is 5.76. The molecule has 2 rings (SSSR count). The molecule has 3 nitrogen and oxygen atoms in total. The minimum atomic E-state index is -2.64. The van der Waals surface area contributed by atoms with Gasteiger partial charge in [0.1, 0.15) is 17.3 Å².